The molecule has 3 N–H and O–H groups in total. The number of carbonyl (C=O) groups is 2. The summed E-state index contributed by atoms with van der Waals surface area (Å²) in [6.45, 7) is 1.84. The summed E-state index contributed by atoms with van der Waals surface area (Å²) >= 11 is 0. The van der Waals surface area contributed by atoms with Crippen molar-refractivity contribution in [2.45, 2.75) is 19.3 Å². The summed E-state index contributed by atoms with van der Waals surface area (Å²) in [5.74, 6) is -0.937. The maximum Gasteiger partial charge on any atom is 0.335 e. The zero-order valence-corrected chi connectivity index (χ0v) is 12.2. The summed E-state index contributed by atoms with van der Waals surface area (Å²) in [4.78, 5) is 22.2. The first-order chi connectivity index (χ1) is 10.1. The quantitative estimate of drug-likeness (QED) is 0.604. The molecule has 0 heterocycles. The Morgan fingerprint density at radius 3 is 2.38 bits per heavy atom. The normalized spacial score (nSPS) is 10.1. The lowest BCUT2D eigenvalue weighted by Crippen LogP contribution is -2.37. The van der Waals surface area contributed by atoms with Gasteiger partial charge in [0, 0.05) is 26.8 Å². The second-order valence-electron chi connectivity index (χ2n) is 4.63. The van der Waals surface area contributed by atoms with E-state index < -0.39 is 5.97 Å². The Morgan fingerprint density at radius 1 is 1.10 bits per heavy atom. The minimum atomic E-state index is -0.937. The second kappa shape index (κ2) is 9.77. The molecule has 0 saturated heterocycles. The van der Waals surface area contributed by atoms with Gasteiger partial charge < -0.3 is 20.5 Å². The number of hydrogen-bond donors (Lipinski definition) is 3. The lowest BCUT2D eigenvalue weighted by molar-refractivity contribution is 0.0697. The third kappa shape index (κ3) is 7.31. The molecule has 0 unspecified atom stereocenters. The van der Waals surface area contributed by atoms with Crippen molar-refractivity contribution in [2.24, 2.45) is 0 Å². The number of rotatable bonds is 9. The molecular weight excluding hydrogens is 272 g/mol. The molecule has 0 saturated carbocycles. The van der Waals surface area contributed by atoms with Gasteiger partial charge >= 0.3 is 12.0 Å². The highest BCUT2D eigenvalue weighted by Gasteiger charge is 2.02. The van der Waals surface area contributed by atoms with Gasteiger partial charge in [-0.3, -0.25) is 0 Å². The van der Waals surface area contributed by atoms with E-state index in [4.69, 9.17) is 9.84 Å². The van der Waals surface area contributed by atoms with Crippen LogP contribution in [0.15, 0.2) is 24.3 Å². The molecule has 1 aromatic carbocycles. The highest BCUT2D eigenvalue weighted by molar-refractivity contribution is 5.87. The number of hydrogen-bond acceptors (Lipinski definition) is 3. The molecule has 0 aromatic heterocycles. The SMILES string of the molecule is COCCCCNC(=O)NCCc1ccc(C(=O)O)cc1. The van der Waals surface area contributed by atoms with Crippen molar-refractivity contribution in [1.82, 2.24) is 10.6 Å². The molecule has 2 amide bonds. The number of carbonyl (C=O) groups excluding carboxylic acids is 1. The molecule has 21 heavy (non-hydrogen) atoms. The Balaban J connectivity index is 2.15. The molecule has 116 valence electrons. The van der Waals surface area contributed by atoms with Crippen LogP contribution in [-0.2, 0) is 11.2 Å². The van der Waals surface area contributed by atoms with Gasteiger partial charge in [0.2, 0.25) is 0 Å². The van der Waals surface area contributed by atoms with E-state index in [1.54, 1.807) is 31.4 Å². The minimum Gasteiger partial charge on any atom is -0.478 e. The Hall–Kier alpha value is -2.08. The lowest BCUT2D eigenvalue weighted by Gasteiger charge is -2.07. The van der Waals surface area contributed by atoms with Gasteiger partial charge in [-0.1, -0.05) is 12.1 Å². The Bertz CT molecular complexity index is 445. The molecule has 0 spiro atoms. The third-order valence-corrected chi connectivity index (χ3v) is 2.96. The summed E-state index contributed by atoms with van der Waals surface area (Å²) in [7, 11) is 1.66. The van der Waals surface area contributed by atoms with E-state index in [1.807, 2.05) is 0 Å². The number of carboxylic acid groups (broad SMARTS) is 1. The van der Waals surface area contributed by atoms with Crippen LogP contribution in [-0.4, -0.2) is 43.9 Å². The van der Waals surface area contributed by atoms with E-state index in [0.717, 1.165) is 18.4 Å². The van der Waals surface area contributed by atoms with Crippen LogP contribution in [0.3, 0.4) is 0 Å². The monoisotopic (exact) mass is 294 g/mol. The molecule has 0 radical (unpaired) electrons. The fourth-order valence-electron chi connectivity index (χ4n) is 1.77. The van der Waals surface area contributed by atoms with E-state index in [9.17, 15) is 9.59 Å². The van der Waals surface area contributed by atoms with E-state index >= 15 is 0 Å². The number of ether oxygens (including phenoxy) is 1. The summed E-state index contributed by atoms with van der Waals surface area (Å²) in [5.41, 5.74) is 1.25. The number of urea groups is 1. The molecule has 0 aliphatic carbocycles. The largest absolute Gasteiger partial charge is 0.478 e. The first-order valence-electron chi connectivity index (χ1n) is 6.96. The van der Waals surface area contributed by atoms with Gasteiger partial charge in [0.15, 0.2) is 0 Å². The third-order valence-electron chi connectivity index (χ3n) is 2.96. The number of amides is 2. The van der Waals surface area contributed by atoms with Crippen molar-refractivity contribution in [3.8, 4) is 0 Å². The maximum atomic E-state index is 11.5. The van der Waals surface area contributed by atoms with Crippen LogP contribution < -0.4 is 10.6 Å². The molecule has 0 bridgehead atoms. The Labute approximate surface area is 124 Å². The van der Waals surface area contributed by atoms with Crippen molar-refractivity contribution < 1.29 is 19.4 Å². The zero-order chi connectivity index (χ0) is 15.5. The molecule has 1 rings (SSSR count). The summed E-state index contributed by atoms with van der Waals surface area (Å²) in [6.07, 6.45) is 2.47. The van der Waals surface area contributed by atoms with Gasteiger partial charge in [0.05, 0.1) is 5.56 Å². The van der Waals surface area contributed by atoms with E-state index in [-0.39, 0.29) is 11.6 Å². The van der Waals surface area contributed by atoms with Gasteiger partial charge in [-0.15, -0.1) is 0 Å². The molecule has 0 fully saturated rings. The summed E-state index contributed by atoms with van der Waals surface area (Å²) < 4.78 is 4.92. The molecular formula is C15H22N2O4. The molecule has 0 atom stereocenters. The highest BCUT2D eigenvalue weighted by Crippen LogP contribution is 2.04. The number of benzene rings is 1. The summed E-state index contributed by atoms with van der Waals surface area (Å²) in [5, 5.41) is 14.3. The molecule has 1 aromatic rings. The van der Waals surface area contributed by atoms with Gasteiger partial charge in [-0.25, -0.2) is 9.59 Å². The van der Waals surface area contributed by atoms with Crippen molar-refractivity contribution >= 4 is 12.0 Å². The van der Waals surface area contributed by atoms with Crippen LogP contribution in [0.1, 0.15) is 28.8 Å². The van der Waals surface area contributed by atoms with Crippen LogP contribution in [0.25, 0.3) is 0 Å². The Kier molecular flexibility index (Phi) is 7.89. The number of nitrogens with one attached hydrogen (secondary N) is 2. The van der Waals surface area contributed by atoms with Gasteiger partial charge in [0.25, 0.3) is 0 Å². The second-order valence-corrected chi connectivity index (χ2v) is 4.63. The van der Waals surface area contributed by atoms with Crippen molar-refractivity contribution in [3.63, 3.8) is 0 Å². The number of aromatic carboxylic acids is 1. The standard InChI is InChI=1S/C15H22N2O4/c1-21-11-3-2-9-16-15(20)17-10-8-12-4-6-13(7-5-12)14(18)19/h4-7H,2-3,8-11H2,1H3,(H,18,19)(H2,16,17,20). The molecule has 6 nitrogen and oxygen atoms in total. The van der Waals surface area contributed by atoms with Crippen molar-refractivity contribution in [2.75, 3.05) is 26.8 Å². The number of unbranched alkanes of at least 4 members (excludes halogenated alkanes) is 1. The highest BCUT2D eigenvalue weighted by atomic mass is 16.5. The van der Waals surface area contributed by atoms with E-state index in [1.165, 1.54) is 0 Å². The molecule has 6 heteroatoms. The van der Waals surface area contributed by atoms with Crippen LogP contribution >= 0.6 is 0 Å². The first-order valence-corrected chi connectivity index (χ1v) is 6.96. The maximum absolute atomic E-state index is 11.5. The van der Waals surface area contributed by atoms with Gasteiger partial charge in [0.1, 0.15) is 0 Å². The van der Waals surface area contributed by atoms with Crippen molar-refractivity contribution in [3.05, 3.63) is 35.4 Å². The molecule has 0 aliphatic rings. The minimum absolute atomic E-state index is 0.186. The predicted octanol–water partition coefficient (Wildman–Crippen LogP) is 1.65. The average Bonchev–Trinajstić information content (AvgIpc) is 2.47. The van der Waals surface area contributed by atoms with E-state index in [0.29, 0.717) is 26.1 Å². The first kappa shape index (κ1) is 17.0. The summed E-state index contributed by atoms with van der Waals surface area (Å²) in [6, 6.07) is 6.46. The topological polar surface area (TPSA) is 87.7 Å². The number of carboxylic acids is 1. The zero-order valence-electron chi connectivity index (χ0n) is 12.2. The average molecular weight is 294 g/mol. The smallest absolute Gasteiger partial charge is 0.335 e. The van der Waals surface area contributed by atoms with Crippen molar-refractivity contribution in [1.29, 1.82) is 0 Å². The van der Waals surface area contributed by atoms with Crippen LogP contribution in [0.5, 0.6) is 0 Å². The lowest BCUT2D eigenvalue weighted by atomic mass is 10.1. The fraction of sp³-hybridized carbons (Fsp3) is 0.467. The van der Waals surface area contributed by atoms with E-state index in [2.05, 4.69) is 10.6 Å². The van der Waals surface area contributed by atoms with Gasteiger partial charge in [-0.05, 0) is 37.0 Å². The van der Waals surface area contributed by atoms with Crippen LogP contribution in [0.2, 0.25) is 0 Å². The number of methoxy groups -OCH3 is 1. The van der Waals surface area contributed by atoms with Gasteiger partial charge in [-0.2, -0.15) is 0 Å². The Morgan fingerprint density at radius 2 is 1.76 bits per heavy atom. The predicted molar refractivity (Wildman–Crippen MR) is 79.6 cm³/mol. The van der Waals surface area contributed by atoms with Crippen LogP contribution in [0.4, 0.5) is 4.79 Å². The molecule has 0 aliphatic heterocycles. The fourth-order valence-corrected chi connectivity index (χ4v) is 1.77. The van der Waals surface area contributed by atoms with Crippen LogP contribution in [0, 0.1) is 0 Å².